The number of methoxy groups -OCH3 is 1. The summed E-state index contributed by atoms with van der Waals surface area (Å²) in [6.07, 6.45) is 4.20. The molecule has 0 radical (unpaired) electrons. The average molecular weight is 339 g/mol. The molecule has 0 aliphatic heterocycles. The number of rotatable bonds is 7. The lowest BCUT2D eigenvalue weighted by atomic mass is 10.2. The van der Waals surface area contributed by atoms with Crippen molar-refractivity contribution in [2.75, 3.05) is 30.9 Å². The summed E-state index contributed by atoms with van der Waals surface area (Å²) in [4.78, 5) is 23.8. The smallest absolute Gasteiger partial charge is 0.259 e. The number of aryl methyl sites for hydroxylation is 1. The molecule has 0 atom stereocenters. The number of aromatic amines is 1. The fraction of sp³-hybridized carbons (Fsp3) is 0.278. The Kier molecular flexibility index (Phi) is 5.25. The van der Waals surface area contributed by atoms with Crippen molar-refractivity contribution in [2.45, 2.75) is 13.3 Å². The van der Waals surface area contributed by atoms with Crippen molar-refractivity contribution in [3.05, 3.63) is 52.6 Å². The predicted molar refractivity (Wildman–Crippen MR) is 99.6 cm³/mol. The molecule has 0 spiro atoms. The zero-order chi connectivity index (χ0) is 17.6. The highest BCUT2D eigenvalue weighted by atomic mass is 16.5. The Hall–Kier alpha value is -2.93. The Morgan fingerprint density at radius 3 is 2.92 bits per heavy atom. The van der Waals surface area contributed by atoms with Crippen LogP contribution in [0.4, 0.5) is 17.5 Å². The van der Waals surface area contributed by atoms with Crippen LogP contribution in [0.15, 0.2) is 41.5 Å². The number of H-pyrrole nitrogens is 1. The van der Waals surface area contributed by atoms with Gasteiger partial charge in [-0.25, -0.2) is 9.97 Å². The molecule has 0 fully saturated rings. The second-order valence-electron chi connectivity index (χ2n) is 5.74. The summed E-state index contributed by atoms with van der Waals surface area (Å²) >= 11 is 0. The number of pyridine rings is 3. The van der Waals surface area contributed by atoms with Gasteiger partial charge in [-0.3, -0.25) is 4.79 Å². The molecule has 0 aromatic carbocycles. The molecule has 0 amide bonds. The Bertz CT molecular complexity index is 923. The minimum absolute atomic E-state index is 0.167. The van der Waals surface area contributed by atoms with Crippen LogP contribution >= 0.6 is 0 Å². The highest BCUT2D eigenvalue weighted by molar-refractivity contribution is 5.93. The molecular weight excluding hydrogens is 318 g/mol. The molecule has 3 aromatic heterocycles. The van der Waals surface area contributed by atoms with E-state index in [1.165, 1.54) is 0 Å². The molecule has 0 bridgehead atoms. The first-order valence-corrected chi connectivity index (χ1v) is 8.12. The maximum Gasteiger partial charge on any atom is 0.259 e. The van der Waals surface area contributed by atoms with Crippen molar-refractivity contribution in [1.82, 2.24) is 15.0 Å². The van der Waals surface area contributed by atoms with Gasteiger partial charge in [-0.15, -0.1) is 0 Å². The van der Waals surface area contributed by atoms with Gasteiger partial charge < -0.3 is 20.4 Å². The number of fused-ring (bicyclic) bond motifs is 1. The van der Waals surface area contributed by atoms with Gasteiger partial charge in [0.2, 0.25) is 0 Å². The molecule has 3 rings (SSSR count). The van der Waals surface area contributed by atoms with Crippen LogP contribution in [0.25, 0.3) is 10.8 Å². The first kappa shape index (κ1) is 16.9. The van der Waals surface area contributed by atoms with E-state index in [1.807, 2.05) is 31.2 Å². The standard InChI is InChI=1S/C18H21N5O2/c1-12-4-7-19-14(10-12)22-15-11-13-5-8-21-18(24)16(13)17(23-15)20-6-3-9-25-2/h4-5,7-8,10-11H,3,6,9H2,1-2H3,(H,21,24)(H2,19,20,22,23). The largest absolute Gasteiger partial charge is 0.385 e. The summed E-state index contributed by atoms with van der Waals surface area (Å²) < 4.78 is 5.06. The van der Waals surface area contributed by atoms with Gasteiger partial charge in [0, 0.05) is 32.7 Å². The zero-order valence-corrected chi connectivity index (χ0v) is 14.3. The minimum Gasteiger partial charge on any atom is -0.385 e. The summed E-state index contributed by atoms with van der Waals surface area (Å²) in [5.74, 6) is 1.89. The van der Waals surface area contributed by atoms with Crippen LogP contribution < -0.4 is 16.2 Å². The van der Waals surface area contributed by atoms with Gasteiger partial charge in [0.25, 0.3) is 5.56 Å². The lowest BCUT2D eigenvalue weighted by molar-refractivity contribution is 0.198. The van der Waals surface area contributed by atoms with Gasteiger partial charge in [0.15, 0.2) is 0 Å². The molecule has 0 unspecified atom stereocenters. The van der Waals surface area contributed by atoms with Crippen LogP contribution in [0.1, 0.15) is 12.0 Å². The van der Waals surface area contributed by atoms with Gasteiger partial charge in [-0.1, -0.05) is 0 Å². The second kappa shape index (κ2) is 7.76. The minimum atomic E-state index is -0.167. The zero-order valence-electron chi connectivity index (χ0n) is 14.3. The third kappa shape index (κ3) is 4.13. The molecule has 0 saturated carbocycles. The molecule has 7 nitrogen and oxygen atoms in total. The van der Waals surface area contributed by atoms with Crippen LogP contribution in [-0.2, 0) is 4.74 Å². The van der Waals surface area contributed by atoms with Gasteiger partial charge >= 0.3 is 0 Å². The molecule has 0 aliphatic rings. The molecule has 25 heavy (non-hydrogen) atoms. The molecule has 0 saturated heterocycles. The lowest BCUT2D eigenvalue weighted by Crippen LogP contribution is -2.13. The topological polar surface area (TPSA) is 91.9 Å². The summed E-state index contributed by atoms with van der Waals surface area (Å²) in [5, 5.41) is 7.78. The number of hydrogen-bond acceptors (Lipinski definition) is 6. The van der Waals surface area contributed by atoms with E-state index in [9.17, 15) is 4.79 Å². The Labute approximate surface area is 145 Å². The van der Waals surface area contributed by atoms with E-state index >= 15 is 0 Å². The van der Waals surface area contributed by atoms with Crippen molar-refractivity contribution < 1.29 is 4.74 Å². The van der Waals surface area contributed by atoms with Crippen molar-refractivity contribution in [3.8, 4) is 0 Å². The van der Waals surface area contributed by atoms with Crippen LogP contribution in [0.5, 0.6) is 0 Å². The van der Waals surface area contributed by atoms with Crippen LogP contribution in [0.3, 0.4) is 0 Å². The van der Waals surface area contributed by atoms with Crippen LogP contribution in [0.2, 0.25) is 0 Å². The first-order chi connectivity index (χ1) is 12.2. The van der Waals surface area contributed by atoms with E-state index in [4.69, 9.17) is 4.74 Å². The van der Waals surface area contributed by atoms with E-state index in [-0.39, 0.29) is 5.56 Å². The number of aromatic nitrogens is 3. The van der Waals surface area contributed by atoms with E-state index in [0.717, 1.165) is 17.4 Å². The van der Waals surface area contributed by atoms with Gasteiger partial charge in [0.1, 0.15) is 17.5 Å². The Morgan fingerprint density at radius 1 is 1.24 bits per heavy atom. The molecule has 3 heterocycles. The monoisotopic (exact) mass is 339 g/mol. The van der Waals surface area contributed by atoms with Gasteiger partial charge in [-0.2, -0.15) is 0 Å². The fourth-order valence-electron chi connectivity index (χ4n) is 2.57. The summed E-state index contributed by atoms with van der Waals surface area (Å²) in [6, 6.07) is 7.57. The molecule has 7 heteroatoms. The van der Waals surface area contributed by atoms with E-state index in [1.54, 1.807) is 19.5 Å². The van der Waals surface area contributed by atoms with Crippen molar-refractivity contribution in [3.63, 3.8) is 0 Å². The number of hydrogen-bond donors (Lipinski definition) is 3. The Morgan fingerprint density at radius 2 is 2.12 bits per heavy atom. The second-order valence-corrected chi connectivity index (χ2v) is 5.74. The average Bonchev–Trinajstić information content (AvgIpc) is 2.58. The van der Waals surface area contributed by atoms with E-state index in [0.29, 0.717) is 36.0 Å². The number of nitrogens with one attached hydrogen (secondary N) is 3. The third-order valence-corrected chi connectivity index (χ3v) is 3.74. The summed E-state index contributed by atoms with van der Waals surface area (Å²) in [5.41, 5.74) is 0.937. The van der Waals surface area contributed by atoms with E-state index < -0.39 is 0 Å². The molecule has 3 N–H and O–H groups in total. The summed E-state index contributed by atoms with van der Waals surface area (Å²) in [6.45, 7) is 3.31. The van der Waals surface area contributed by atoms with Gasteiger partial charge in [-0.05, 0) is 48.6 Å². The van der Waals surface area contributed by atoms with Crippen molar-refractivity contribution in [2.24, 2.45) is 0 Å². The first-order valence-electron chi connectivity index (χ1n) is 8.12. The number of nitrogens with zero attached hydrogens (tertiary/aromatic N) is 2. The SMILES string of the molecule is COCCCNc1nc(Nc2cc(C)ccn2)cc2cc[nH]c(=O)c12. The predicted octanol–water partition coefficient (Wildman–Crippen LogP) is 2.82. The van der Waals surface area contributed by atoms with Crippen molar-refractivity contribution in [1.29, 1.82) is 0 Å². The number of ether oxygens (including phenoxy) is 1. The maximum atomic E-state index is 12.2. The number of anilines is 3. The summed E-state index contributed by atoms with van der Waals surface area (Å²) in [7, 11) is 1.66. The third-order valence-electron chi connectivity index (χ3n) is 3.74. The quantitative estimate of drug-likeness (QED) is 0.573. The maximum absolute atomic E-state index is 12.2. The Balaban J connectivity index is 1.95. The highest BCUT2D eigenvalue weighted by Crippen LogP contribution is 2.23. The lowest BCUT2D eigenvalue weighted by Gasteiger charge is -2.12. The highest BCUT2D eigenvalue weighted by Gasteiger charge is 2.10. The molecular formula is C18H21N5O2. The van der Waals surface area contributed by atoms with Crippen LogP contribution in [-0.4, -0.2) is 35.2 Å². The van der Waals surface area contributed by atoms with Crippen LogP contribution in [0, 0.1) is 6.92 Å². The van der Waals surface area contributed by atoms with Crippen molar-refractivity contribution >= 4 is 28.2 Å². The normalized spacial score (nSPS) is 10.8. The fourth-order valence-corrected chi connectivity index (χ4v) is 2.57. The van der Waals surface area contributed by atoms with E-state index in [2.05, 4.69) is 25.6 Å². The molecule has 3 aromatic rings. The van der Waals surface area contributed by atoms with Gasteiger partial charge in [0.05, 0.1) is 5.39 Å². The molecule has 0 aliphatic carbocycles. The molecule has 130 valence electrons.